The van der Waals surface area contributed by atoms with Gasteiger partial charge in [-0.05, 0) is 30.3 Å². The fourth-order valence-corrected chi connectivity index (χ4v) is 1.84. The van der Waals surface area contributed by atoms with Gasteiger partial charge in [0, 0.05) is 25.7 Å². The quantitative estimate of drug-likeness (QED) is 0.696. The van der Waals surface area contributed by atoms with E-state index in [-0.39, 0.29) is 5.91 Å². The summed E-state index contributed by atoms with van der Waals surface area (Å²) in [5, 5.41) is 2.71. The number of para-hydroxylation sites is 1. The molecule has 0 fully saturated rings. The van der Waals surface area contributed by atoms with E-state index in [1.54, 1.807) is 24.5 Å². The highest BCUT2D eigenvalue weighted by Gasteiger charge is 1.99. The van der Waals surface area contributed by atoms with Gasteiger partial charge in [0.05, 0.1) is 18.5 Å². The van der Waals surface area contributed by atoms with Crippen LogP contribution >= 0.6 is 0 Å². The van der Waals surface area contributed by atoms with Gasteiger partial charge in [-0.3, -0.25) is 4.79 Å². The Bertz CT molecular complexity index is 704. The second-order valence-corrected chi connectivity index (χ2v) is 4.78. The molecule has 0 aliphatic carbocycles. The molecule has 2 rings (SSSR count). The summed E-state index contributed by atoms with van der Waals surface area (Å²) in [6.07, 6.45) is 4.60. The highest BCUT2D eigenvalue weighted by Crippen LogP contribution is 2.16. The van der Waals surface area contributed by atoms with Crippen LogP contribution in [0.2, 0.25) is 0 Å². The Morgan fingerprint density at radius 3 is 2.82 bits per heavy atom. The van der Waals surface area contributed by atoms with Crippen LogP contribution in [-0.2, 0) is 4.79 Å². The van der Waals surface area contributed by atoms with Gasteiger partial charge in [-0.1, -0.05) is 24.0 Å². The van der Waals surface area contributed by atoms with Gasteiger partial charge in [-0.2, -0.15) is 0 Å². The van der Waals surface area contributed by atoms with Crippen molar-refractivity contribution in [2.75, 3.05) is 25.5 Å². The Hall–Kier alpha value is -2.93. The predicted molar refractivity (Wildman–Crippen MR) is 88.4 cm³/mol. The maximum Gasteiger partial charge on any atom is 0.244 e. The molecule has 1 heterocycles. The molecule has 0 saturated heterocycles. The summed E-state index contributed by atoms with van der Waals surface area (Å²) < 4.78 is 5.10. The van der Waals surface area contributed by atoms with Crippen molar-refractivity contribution in [1.29, 1.82) is 0 Å². The summed E-state index contributed by atoms with van der Waals surface area (Å²) in [6.45, 7) is 0.295. The van der Waals surface area contributed by atoms with Crippen molar-refractivity contribution in [2.24, 2.45) is 0 Å². The van der Waals surface area contributed by atoms with Crippen LogP contribution in [0.15, 0.2) is 53.2 Å². The zero-order valence-corrected chi connectivity index (χ0v) is 12.7. The van der Waals surface area contributed by atoms with Crippen LogP contribution in [-0.4, -0.2) is 26.5 Å². The molecule has 0 saturated carbocycles. The van der Waals surface area contributed by atoms with E-state index in [1.165, 1.54) is 6.08 Å². The Balaban J connectivity index is 1.88. The molecule has 0 aliphatic heterocycles. The Morgan fingerprint density at radius 2 is 2.09 bits per heavy atom. The topological polar surface area (TPSA) is 45.5 Å². The van der Waals surface area contributed by atoms with Gasteiger partial charge in [-0.15, -0.1) is 0 Å². The van der Waals surface area contributed by atoms with Gasteiger partial charge in [0.25, 0.3) is 0 Å². The smallest absolute Gasteiger partial charge is 0.244 e. The summed E-state index contributed by atoms with van der Waals surface area (Å²) in [6, 6.07) is 11.4. The van der Waals surface area contributed by atoms with Crippen LogP contribution in [0.5, 0.6) is 0 Å². The lowest BCUT2D eigenvalue weighted by atomic mass is 10.1. The minimum absolute atomic E-state index is 0.202. The molecule has 0 aliphatic rings. The second kappa shape index (κ2) is 7.75. The average Bonchev–Trinajstić information content (AvgIpc) is 3.03. The van der Waals surface area contributed by atoms with E-state index < -0.39 is 0 Å². The minimum Gasteiger partial charge on any atom is -0.465 e. The van der Waals surface area contributed by atoms with Crippen LogP contribution in [0.3, 0.4) is 0 Å². The van der Waals surface area contributed by atoms with Crippen LogP contribution in [0.25, 0.3) is 6.08 Å². The monoisotopic (exact) mass is 294 g/mol. The summed E-state index contributed by atoms with van der Waals surface area (Å²) >= 11 is 0. The van der Waals surface area contributed by atoms with Crippen molar-refractivity contribution in [3.05, 3.63) is 60.1 Å². The first-order valence-corrected chi connectivity index (χ1v) is 6.91. The van der Waals surface area contributed by atoms with E-state index >= 15 is 0 Å². The summed E-state index contributed by atoms with van der Waals surface area (Å²) in [7, 11) is 3.95. The van der Waals surface area contributed by atoms with Crippen molar-refractivity contribution < 1.29 is 9.21 Å². The predicted octanol–water partition coefficient (Wildman–Crippen LogP) is 2.53. The number of amides is 1. The normalized spacial score (nSPS) is 10.1. The van der Waals surface area contributed by atoms with Gasteiger partial charge < -0.3 is 14.6 Å². The third kappa shape index (κ3) is 4.57. The molecule has 112 valence electrons. The molecule has 2 aromatic rings. The lowest BCUT2D eigenvalue weighted by Crippen LogP contribution is -2.20. The van der Waals surface area contributed by atoms with Crippen molar-refractivity contribution in [3.8, 4) is 11.8 Å². The van der Waals surface area contributed by atoms with E-state index in [0.29, 0.717) is 12.3 Å². The number of rotatable bonds is 4. The van der Waals surface area contributed by atoms with Crippen LogP contribution in [0, 0.1) is 11.8 Å². The first kappa shape index (κ1) is 15.5. The number of nitrogens with zero attached hydrogens (tertiary/aromatic N) is 1. The third-order valence-corrected chi connectivity index (χ3v) is 2.90. The highest BCUT2D eigenvalue weighted by atomic mass is 16.3. The van der Waals surface area contributed by atoms with E-state index in [2.05, 4.69) is 17.2 Å². The van der Waals surface area contributed by atoms with Crippen LogP contribution in [0.1, 0.15) is 11.3 Å². The average molecular weight is 294 g/mol. The van der Waals surface area contributed by atoms with Crippen LogP contribution < -0.4 is 10.2 Å². The fourth-order valence-electron chi connectivity index (χ4n) is 1.84. The maximum atomic E-state index is 11.6. The van der Waals surface area contributed by atoms with Gasteiger partial charge in [0.2, 0.25) is 5.91 Å². The fraction of sp³-hybridized carbons (Fsp3) is 0.167. The molecule has 0 unspecified atom stereocenters. The Morgan fingerprint density at radius 1 is 1.27 bits per heavy atom. The molecule has 1 aromatic heterocycles. The zero-order chi connectivity index (χ0) is 15.8. The maximum absolute atomic E-state index is 11.6. The van der Waals surface area contributed by atoms with Gasteiger partial charge >= 0.3 is 0 Å². The van der Waals surface area contributed by atoms with Crippen molar-refractivity contribution in [1.82, 2.24) is 5.32 Å². The second-order valence-electron chi connectivity index (χ2n) is 4.78. The molecular weight excluding hydrogens is 276 g/mol. The number of furan rings is 1. The lowest BCUT2D eigenvalue weighted by molar-refractivity contribution is -0.116. The molecule has 4 nitrogen and oxygen atoms in total. The van der Waals surface area contributed by atoms with Crippen molar-refractivity contribution in [3.63, 3.8) is 0 Å². The highest BCUT2D eigenvalue weighted by molar-refractivity contribution is 5.91. The molecule has 1 amide bonds. The molecule has 22 heavy (non-hydrogen) atoms. The van der Waals surface area contributed by atoms with Gasteiger partial charge in [-0.25, -0.2) is 0 Å². The molecule has 0 bridgehead atoms. The number of carbonyl (C=O) groups is 1. The molecule has 0 radical (unpaired) electrons. The van der Waals surface area contributed by atoms with E-state index in [1.807, 2.05) is 43.3 Å². The van der Waals surface area contributed by atoms with Crippen LogP contribution in [0.4, 0.5) is 5.69 Å². The molecule has 1 N–H and O–H groups in total. The standard InChI is InChI=1S/C18H18N2O2/c1-20(2)17-10-4-3-7-15(17)8-5-13-19-18(21)12-11-16-9-6-14-22-16/h3-4,6-7,9-12,14H,13H2,1-2H3,(H,19,21)/b12-11+. The number of hydrogen-bond donors (Lipinski definition) is 1. The molecule has 4 heteroatoms. The number of nitrogens with one attached hydrogen (secondary N) is 1. The minimum atomic E-state index is -0.202. The first-order chi connectivity index (χ1) is 10.7. The Kier molecular flexibility index (Phi) is 5.44. The molecule has 1 aromatic carbocycles. The van der Waals surface area contributed by atoms with E-state index in [4.69, 9.17) is 4.42 Å². The molecular formula is C18H18N2O2. The number of hydrogen-bond acceptors (Lipinski definition) is 3. The number of carbonyl (C=O) groups excluding carboxylic acids is 1. The first-order valence-electron chi connectivity index (χ1n) is 6.91. The number of anilines is 1. The number of benzene rings is 1. The summed E-state index contributed by atoms with van der Waals surface area (Å²) in [4.78, 5) is 13.6. The lowest BCUT2D eigenvalue weighted by Gasteiger charge is -2.13. The summed E-state index contributed by atoms with van der Waals surface area (Å²) in [5.41, 5.74) is 1.99. The molecule has 0 atom stereocenters. The Labute approximate surface area is 130 Å². The van der Waals surface area contributed by atoms with Crippen molar-refractivity contribution >= 4 is 17.7 Å². The van der Waals surface area contributed by atoms with E-state index in [0.717, 1.165) is 11.3 Å². The van der Waals surface area contributed by atoms with E-state index in [9.17, 15) is 4.79 Å². The zero-order valence-electron chi connectivity index (χ0n) is 12.7. The SMILES string of the molecule is CN(C)c1ccccc1C#CCNC(=O)/C=C/c1ccco1. The largest absolute Gasteiger partial charge is 0.465 e. The molecule has 0 spiro atoms. The van der Waals surface area contributed by atoms with Gasteiger partial charge in [0.1, 0.15) is 5.76 Å². The third-order valence-electron chi connectivity index (χ3n) is 2.90. The summed E-state index contributed by atoms with van der Waals surface area (Å²) in [5.74, 6) is 6.46. The van der Waals surface area contributed by atoms with Crippen molar-refractivity contribution in [2.45, 2.75) is 0 Å². The van der Waals surface area contributed by atoms with Gasteiger partial charge in [0.15, 0.2) is 0 Å².